The number of nitrogens with zero attached hydrogens (tertiary/aromatic N) is 1. The number of carbonyl (C=O) groups excluding carboxylic acids is 2. The molecule has 0 spiro atoms. The van der Waals surface area contributed by atoms with Crippen LogP contribution in [0.5, 0.6) is 0 Å². The molecule has 0 atom stereocenters. The molecule has 2 aromatic carbocycles. The van der Waals surface area contributed by atoms with Crippen molar-refractivity contribution in [3.05, 3.63) is 74.8 Å². The summed E-state index contributed by atoms with van der Waals surface area (Å²) in [5, 5.41) is 7.82. The minimum absolute atomic E-state index is 0.146. The summed E-state index contributed by atoms with van der Waals surface area (Å²) in [6.07, 6.45) is 0.156. The zero-order chi connectivity index (χ0) is 17.6. The highest BCUT2D eigenvalue weighted by Gasteiger charge is 2.11. The summed E-state index contributed by atoms with van der Waals surface area (Å²) >= 11 is 3.51. The molecule has 0 saturated carbocycles. The molecule has 0 saturated heterocycles. The Hall–Kier alpha value is -2.26. The number of anilines is 2. The van der Waals surface area contributed by atoms with Gasteiger partial charge in [0.15, 0.2) is 5.13 Å². The first-order chi connectivity index (χ1) is 12.1. The van der Waals surface area contributed by atoms with Gasteiger partial charge in [-0.25, -0.2) is 4.98 Å². The molecule has 0 aliphatic heterocycles. The second-order valence-corrected chi connectivity index (χ2v) is 7.30. The molecule has 126 valence electrons. The van der Waals surface area contributed by atoms with E-state index in [0.29, 0.717) is 16.4 Å². The maximum Gasteiger partial charge on any atom is 0.257 e. The Labute approximate surface area is 162 Å². The van der Waals surface area contributed by atoms with Gasteiger partial charge in [-0.3, -0.25) is 14.9 Å². The summed E-state index contributed by atoms with van der Waals surface area (Å²) in [4.78, 5) is 28.5. The van der Waals surface area contributed by atoms with E-state index in [0.717, 1.165) is 9.26 Å². The Morgan fingerprint density at radius 3 is 2.44 bits per heavy atom. The smallest absolute Gasteiger partial charge is 0.257 e. The molecule has 25 heavy (non-hydrogen) atoms. The van der Waals surface area contributed by atoms with Crippen molar-refractivity contribution < 1.29 is 9.59 Å². The second kappa shape index (κ2) is 8.21. The van der Waals surface area contributed by atoms with Crippen molar-refractivity contribution in [2.75, 3.05) is 10.6 Å². The predicted octanol–water partition coefficient (Wildman–Crippen LogP) is 4.18. The van der Waals surface area contributed by atoms with Crippen LogP contribution in [-0.2, 0) is 11.2 Å². The first-order valence-corrected chi connectivity index (χ1v) is 9.42. The van der Waals surface area contributed by atoms with E-state index < -0.39 is 0 Å². The van der Waals surface area contributed by atoms with Crippen LogP contribution in [0.25, 0.3) is 0 Å². The second-order valence-electron chi connectivity index (χ2n) is 5.20. The van der Waals surface area contributed by atoms with E-state index in [9.17, 15) is 9.59 Å². The van der Waals surface area contributed by atoms with Gasteiger partial charge in [-0.2, -0.15) is 0 Å². The van der Waals surface area contributed by atoms with Crippen LogP contribution >= 0.6 is 33.9 Å². The van der Waals surface area contributed by atoms with Crippen LogP contribution in [0.15, 0.2) is 60.0 Å². The third-order valence-electron chi connectivity index (χ3n) is 3.28. The summed E-state index contributed by atoms with van der Waals surface area (Å²) in [5.41, 5.74) is 1.94. The Kier molecular flexibility index (Phi) is 5.77. The Morgan fingerprint density at radius 2 is 1.72 bits per heavy atom. The highest BCUT2D eigenvalue weighted by Crippen LogP contribution is 2.18. The molecule has 2 amide bonds. The lowest BCUT2D eigenvalue weighted by molar-refractivity contribution is -0.115. The zero-order valence-corrected chi connectivity index (χ0v) is 16.0. The lowest BCUT2D eigenvalue weighted by atomic mass is 10.2. The minimum atomic E-state index is -0.218. The average Bonchev–Trinajstić information content (AvgIpc) is 3.04. The van der Waals surface area contributed by atoms with E-state index in [1.807, 2.05) is 30.3 Å². The Bertz CT molecular complexity index is 879. The van der Waals surface area contributed by atoms with Crippen molar-refractivity contribution in [3.63, 3.8) is 0 Å². The molecule has 7 heteroatoms. The van der Waals surface area contributed by atoms with Crippen molar-refractivity contribution in [3.8, 4) is 0 Å². The normalized spacial score (nSPS) is 10.3. The van der Waals surface area contributed by atoms with Crippen molar-refractivity contribution >= 4 is 56.6 Å². The summed E-state index contributed by atoms with van der Waals surface area (Å²) in [5.74, 6) is -0.364. The van der Waals surface area contributed by atoms with Crippen LogP contribution in [-0.4, -0.2) is 16.8 Å². The highest BCUT2D eigenvalue weighted by atomic mass is 127. The van der Waals surface area contributed by atoms with E-state index in [1.165, 1.54) is 11.3 Å². The number of hydrogen-bond donors (Lipinski definition) is 2. The maximum atomic E-state index is 12.1. The maximum absolute atomic E-state index is 12.1. The van der Waals surface area contributed by atoms with Crippen molar-refractivity contribution in [1.29, 1.82) is 0 Å². The summed E-state index contributed by atoms with van der Waals surface area (Å²) < 4.78 is 1.11. The number of aromatic nitrogens is 1. The molecule has 2 N–H and O–H groups in total. The first kappa shape index (κ1) is 17.6. The monoisotopic (exact) mass is 463 g/mol. The van der Waals surface area contributed by atoms with Crippen molar-refractivity contribution in [2.45, 2.75) is 6.42 Å². The number of halogens is 1. The van der Waals surface area contributed by atoms with E-state index in [1.54, 1.807) is 29.6 Å². The van der Waals surface area contributed by atoms with Gasteiger partial charge >= 0.3 is 0 Å². The van der Waals surface area contributed by atoms with Gasteiger partial charge < -0.3 is 5.32 Å². The third kappa shape index (κ3) is 5.10. The van der Waals surface area contributed by atoms with Gasteiger partial charge in [0.25, 0.3) is 5.91 Å². The SMILES string of the molecule is O=C(Cc1csc(NC(=O)c2ccccc2)n1)Nc1ccc(I)cc1. The predicted molar refractivity (Wildman–Crippen MR) is 108 cm³/mol. The molecule has 0 bridgehead atoms. The highest BCUT2D eigenvalue weighted by molar-refractivity contribution is 14.1. The third-order valence-corrected chi connectivity index (χ3v) is 4.80. The largest absolute Gasteiger partial charge is 0.326 e. The molecular weight excluding hydrogens is 449 g/mol. The quantitative estimate of drug-likeness (QED) is 0.558. The van der Waals surface area contributed by atoms with E-state index >= 15 is 0 Å². The topological polar surface area (TPSA) is 71.1 Å². The molecule has 3 aromatic rings. The van der Waals surface area contributed by atoms with Gasteiger partial charge in [0.1, 0.15) is 0 Å². The van der Waals surface area contributed by atoms with E-state index in [-0.39, 0.29) is 18.2 Å². The van der Waals surface area contributed by atoms with Crippen LogP contribution < -0.4 is 10.6 Å². The minimum Gasteiger partial charge on any atom is -0.326 e. The van der Waals surface area contributed by atoms with Gasteiger partial charge in [0, 0.05) is 20.2 Å². The molecule has 0 unspecified atom stereocenters. The van der Waals surface area contributed by atoms with Gasteiger partial charge in [-0.15, -0.1) is 11.3 Å². The molecule has 1 heterocycles. The summed E-state index contributed by atoms with van der Waals surface area (Å²) in [6, 6.07) is 16.5. The fourth-order valence-corrected chi connectivity index (χ4v) is 3.17. The number of hydrogen-bond acceptors (Lipinski definition) is 4. The summed E-state index contributed by atoms with van der Waals surface area (Å²) in [7, 11) is 0. The average molecular weight is 463 g/mol. The van der Waals surface area contributed by atoms with Crippen LogP contribution in [0.3, 0.4) is 0 Å². The van der Waals surface area contributed by atoms with Crippen LogP contribution in [0, 0.1) is 3.57 Å². The molecule has 1 aromatic heterocycles. The summed E-state index contributed by atoms with van der Waals surface area (Å²) in [6.45, 7) is 0. The Balaban J connectivity index is 1.57. The van der Waals surface area contributed by atoms with Crippen LogP contribution in [0.2, 0.25) is 0 Å². The standard InChI is InChI=1S/C18H14IN3O2S/c19-13-6-8-14(9-7-13)20-16(23)10-15-11-25-18(21-15)22-17(24)12-4-2-1-3-5-12/h1-9,11H,10H2,(H,20,23)(H,21,22,24). The van der Waals surface area contributed by atoms with Crippen LogP contribution in [0.4, 0.5) is 10.8 Å². The van der Waals surface area contributed by atoms with E-state index in [4.69, 9.17) is 0 Å². The molecule has 3 rings (SSSR count). The molecule has 5 nitrogen and oxygen atoms in total. The number of thiazole rings is 1. The Morgan fingerprint density at radius 1 is 1.00 bits per heavy atom. The number of rotatable bonds is 5. The number of carbonyl (C=O) groups is 2. The van der Waals surface area contributed by atoms with Gasteiger partial charge in [-0.1, -0.05) is 18.2 Å². The molecule has 0 fully saturated rings. The fourth-order valence-electron chi connectivity index (χ4n) is 2.11. The fraction of sp³-hybridized carbons (Fsp3) is 0.0556. The van der Waals surface area contributed by atoms with E-state index in [2.05, 4.69) is 38.2 Å². The van der Waals surface area contributed by atoms with Gasteiger partial charge in [0.05, 0.1) is 12.1 Å². The molecule has 0 radical (unpaired) electrons. The first-order valence-electron chi connectivity index (χ1n) is 7.46. The van der Waals surface area contributed by atoms with Crippen LogP contribution in [0.1, 0.15) is 16.1 Å². The van der Waals surface area contributed by atoms with Gasteiger partial charge in [0.2, 0.25) is 5.91 Å². The molecule has 0 aliphatic carbocycles. The van der Waals surface area contributed by atoms with Crippen molar-refractivity contribution in [2.24, 2.45) is 0 Å². The van der Waals surface area contributed by atoms with Gasteiger partial charge in [-0.05, 0) is 59.0 Å². The number of amides is 2. The lowest BCUT2D eigenvalue weighted by Crippen LogP contribution is -2.15. The molecule has 0 aliphatic rings. The number of benzene rings is 2. The van der Waals surface area contributed by atoms with Crippen molar-refractivity contribution in [1.82, 2.24) is 4.98 Å². The molecular formula is C18H14IN3O2S. The zero-order valence-electron chi connectivity index (χ0n) is 13.0. The lowest BCUT2D eigenvalue weighted by Gasteiger charge is -2.04. The number of nitrogens with one attached hydrogen (secondary N) is 2.